The lowest BCUT2D eigenvalue weighted by atomic mass is 9.73. The number of nitrogens with zero attached hydrogens (tertiary/aromatic N) is 3. The largest absolute Gasteiger partial charge is 0.469 e. The van der Waals surface area contributed by atoms with E-state index in [1.807, 2.05) is 12.3 Å². The van der Waals surface area contributed by atoms with E-state index >= 15 is 0 Å². The first-order chi connectivity index (χ1) is 11.3. The van der Waals surface area contributed by atoms with Gasteiger partial charge < -0.3 is 9.15 Å². The highest BCUT2D eigenvalue weighted by Crippen LogP contribution is 2.46. The van der Waals surface area contributed by atoms with Gasteiger partial charge in [0.25, 0.3) is 0 Å². The van der Waals surface area contributed by atoms with Crippen molar-refractivity contribution in [3.8, 4) is 23.1 Å². The SMILES string of the molecule is N#Cc1cc(-c2cnc3c(c2)C[C@@]2(CN4CCC2CC4)O3)co1. The van der Waals surface area contributed by atoms with Crippen molar-refractivity contribution < 1.29 is 9.15 Å². The summed E-state index contributed by atoms with van der Waals surface area (Å²) in [5.74, 6) is 1.75. The number of hydrogen-bond acceptors (Lipinski definition) is 5. The fourth-order valence-corrected chi connectivity index (χ4v) is 4.41. The Kier molecular flexibility index (Phi) is 2.62. The molecule has 2 aromatic heterocycles. The van der Waals surface area contributed by atoms with E-state index < -0.39 is 0 Å². The second-order valence-electron chi connectivity index (χ2n) is 6.89. The highest BCUT2D eigenvalue weighted by atomic mass is 16.5. The molecule has 1 atom stereocenters. The normalized spacial score (nSPS) is 30.9. The summed E-state index contributed by atoms with van der Waals surface area (Å²) < 4.78 is 11.6. The first-order valence-corrected chi connectivity index (χ1v) is 8.15. The van der Waals surface area contributed by atoms with Gasteiger partial charge in [0.2, 0.25) is 11.6 Å². The monoisotopic (exact) mass is 307 g/mol. The van der Waals surface area contributed by atoms with Gasteiger partial charge in [-0.15, -0.1) is 0 Å². The van der Waals surface area contributed by atoms with Gasteiger partial charge in [-0.3, -0.25) is 4.90 Å². The fourth-order valence-electron chi connectivity index (χ4n) is 4.41. The Morgan fingerprint density at radius 1 is 1.26 bits per heavy atom. The fraction of sp³-hybridized carbons (Fsp3) is 0.444. The quantitative estimate of drug-likeness (QED) is 0.810. The van der Waals surface area contributed by atoms with Crippen LogP contribution in [0.5, 0.6) is 5.88 Å². The predicted molar refractivity (Wildman–Crippen MR) is 82.9 cm³/mol. The second-order valence-corrected chi connectivity index (χ2v) is 6.89. The molecule has 6 rings (SSSR count). The van der Waals surface area contributed by atoms with Crippen molar-refractivity contribution in [3.05, 3.63) is 35.9 Å². The Hall–Kier alpha value is -2.32. The highest BCUT2D eigenvalue weighted by Gasteiger charge is 2.52. The van der Waals surface area contributed by atoms with Gasteiger partial charge in [-0.2, -0.15) is 5.26 Å². The lowest BCUT2D eigenvalue weighted by Crippen LogP contribution is -2.61. The molecule has 1 spiro atoms. The smallest absolute Gasteiger partial charge is 0.217 e. The molecule has 0 saturated carbocycles. The minimum Gasteiger partial charge on any atom is -0.469 e. The van der Waals surface area contributed by atoms with Gasteiger partial charge in [-0.05, 0) is 32.0 Å². The molecule has 2 bridgehead atoms. The maximum atomic E-state index is 8.90. The summed E-state index contributed by atoms with van der Waals surface area (Å²) in [7, 11) is 0. The Labute approximate surface area is 134 Å². The zero-order chi connectivity index (χ0) is 15.4. The van der Waals surface area contributed by atoms with Crippen LogP contribution in [-0.2, 0) is 6.42 Å². The standard InChI is InChI=1S/C18H17N3O2/c19-8-16-6-14(10-22-16)13-5-12-7-18(23-17(12)20-9-13)11-21-3-1-15(18)2-4-21/h5-6,9-10,15H,1-4,7,11H2/t18-/m0/s1. The predicted octanol–water partition coefficient (Wildman–Crippen LogP) is 2.61. The van der Waals surface area contributed by atoms with Crippen LogP contribution in [0.25, 0.3) is 11.1 Å². The van der Waals surface area contributed by atoms with Gasteiger partial charge in [0.1, 0.15) is 17.9 Å². The molecule has 4 aliphatic rings. The summed E-state index contributed by atoms with van der Waals surface area (Å²) in [6, 6.07) is 5.91. The molecule has 5 heteroatoms. The number of furan rings is 1. The van der Waals surface area contributed by atoms with Crippen LogP contribution in [-0.4, -0.2) is 35.1 Å². The summed E-state index contributed by atoms with van der Waals surface area (Å²) in [5, 5.41) is 8.90. The summed E-state index contributed by atoms with van der Waals surface area (Å²) in [4.78, 5) is 7.05. The van der Waals surface area contributed by atoms with Crippen LogP contribution in [0.3, 0.4) is 0 Å². The Morgan fingerprint density at radius 2 is 2.13 bits per heavy atom. The van der Waals surface area contributed by atoms with Crippen LogP contribution < -0.4 is 4.74 Å². The maximum absolute atomic E-state index is 8.90. The van der Waals surface area contributed by atoms with Gasteiger partial charge in [0.05, 0.1) is 0 Å². The van der Waals surface area contributed by atoms with Gasteiger partial charge >= 0.3 is 0 Å². The van der Waals surface area contributed by atoms with E-state index in [1.165, 1.54) is 31.5 Å². The van der Waals surface area contributed by atoms with E-state index in [0.717, 1.165) is 30.0 Å². The first kappa shape index (κ1) is 13.1. The Bertz CT molecular complexity index is 814. The number of aromatic nitrogens is 1. The number of fused-ring (bicyclic) bond motifs is 3. The molecule has 23 heavy (non-hydrogen) atoms. The molecule has 3 fully saturated rings. The molecule has 0 aromatic carbocycles. The van der Waals surface area contributed by atoms with Crippen molar-refractivity contribution in [3.63, 3.8) is 0 Å². The zero-order valence-corrected chi connectivity index (χ0v) is 12.8. The molecule has 0 radical (unpaired) electrons. The van der Waals surface area contributed by atoms with Crippen molar-refractivity contribution in [2.24, 2.45) is 5.92 Å². The van der Waals surface area contributed by atoms with Crippen molar-refractivity contribution >= 4 is 0 Å². The van der Waals surface area contributed by atoms with Crippen molar-refractivity contribution in [2.75, 3.05) is 19.6 Å². The van der Waals surface area contributed by atoms with Crippen LogP contribution >= 0.6 is 0 Å². The first-order valence-electron chi connectivity index (χ1n) is 8.15. The number of piperidine rings is 3. The van der Waals surface area contributed by atoms with E-state index in [1.54, 1.807) is 12.3 Å². The van der Waals surface area contributed by atoms with Crippen LogP contribution in [0.2, 0.25) is 0 Å². The minimum atomic E-state index is -0.0708. The number of rotatable bonds is 1. The maximum Gasteiger partial charge on any atom is 0.217 e. The molecule has 0 aliphatic carbocycles. The van der Waals surface area contributed by atoms with Crippen LogP contribution in [0.1, 0.15) is 24.2 Å². The molecule has 3 saturated heterocycles. The lowest BCUT2D eigenvalue weighted by molar-refractivity contribution is -0.0814. The van der Waals surface area contributed by atoms with Gasteiger partial charge in [0.15, 0.2) is 0 Å². The number of nitriles is 1. The molecule has 0 amide bonds. The van der Waals surface area contributed by atoms with E-state index in [0.29, 0.717) is 11.7 Å². The Balaban J connectivity index is 1.48. The highest BCUT2D eigenvalue weighted by molar-refractivity contribution is 5.64. The average Bonchev–Trinajstić information content (AvgIpc) is 3.19. The molecule has 6 heterocycles. The van der Waals surface area contributed by atoms with E-state index in [-0.39, 0.29) is 5.60 Å². The van der Waals surface area contributed by atoms with Crippen LogP contribution in [0, 0.1) is 17.2 Å². The zero-order valence-electron chi connectivity index (χ0n) is 12.8. The van der Waals surface area contributed by atoms with Crippen molar-refractivity contribution in [1.82, 2.24) is 9.88 Å². The van der Waals surface area contributed by atoms with Crippen molar-refractivity contribution in [2.45, 2.75) is 24.9 Å². The number of hydrogen-bond donors (Lipinski definition) is 0. The summed E-state index contributed by atoms with van der Waals surface area (Å²) >= 11 is 0. The molecule has 116 valence electrons. The topological polar surface area (TPSA) is 62.3 Å². The van der Waals surface area contributed by atoms with Gasteiger partial charge in [-0.1, -0.05) is 0 Å². The third-order valence-corrected chi connectivity index (χ3v) is 5.58. The molecule has 5 nitrogen and oxygen atoms in total. The van der Waals surface area contributed by atoms with E-state index in [4.69, 9.17) is 14.4 Å². The molecule has 4 aliphatic heterocycles. The van der Waals surface area contributed by atoms with E-state index in [2.05, 4.69) is 16.0 Å². The Morgan fingerprint density at radius 3 is 2.83 bits per heavy atom. The summed E-state index contributed by atoms with van der Waals surface area (Å²) in [6.07, 6.45) is 6.82. The number of pyridine rings is 1. The summed E-state index contributed by atoms with van der Waals surface area (Å²) in [5.41, 5.74) is 2.98. The van der Waals surface area contributed by atoms with Crippen LogP contribution in [0.15, 0.2) is 29.0 Å². The third-order valence-electron chi connectivity index (χ3n) is 5.58. The minimum absolute atomic E-state index is 0.0708. The average molecular weight is 307 g/mol. The van der Waals surface area contributed by atoms with Crippen molar-refractivity contribution in [1.29, 1.82) is 5.26 Å². The van der Waals surface area contributed by atoms with E-state index in [9.17, 15) is 0 Å². The molecular formula is C18H17N3O2. The molecule has 0 unspecified atom stereocenters. The molecular weight excluding hydrogens is 290 g/mol. The third kappa shape index (κ3) is 1.91. The molecule has 0 N–H and O–H groups in total. The van der Waals surface area contributed by atoms with Crippen LogP contribution in [0.4, 0.5) is 0 Å². The molecule has 2 aromatic rings. The van der Waals surface area contributed by atoms with Gasteiger partial charge in [-0.25, -0.2) is 4.98 Å². The van der Waals surface area contributed by atoms with Gasteiger partial charge in [0, 0.05) is 47.8 Å². The lowest BCUT2D eigenvalue weighted by Gasteiger charge is -2.50. The summed E-state index contributed by atoms with van der Waals surface area (Å²) in [6.45, 7) is 3.43. The number of ether oxygens (including phenoxy) is 1. The second kappa shape index (κ2) is 4.59.